The molecular weight excluding hydrogens is 212 g/mol. The number of anilines is 1. The van der Waals surface area contributed by atoms with E-state index in [1.54, 1.807) is 0 Å². The molecule has 1 fully saturated rings. The molecule has 1 heterocycles. The normalized spacial score (nSPS) is 20.2. The van der Waals surface area contributed by atoms with Gasteiger partial charge < -0.3 is 10.5 Å². The van der Waals surface area contributed by atoms with Crippen LogP contribution in [0.15, 0.2) is 12.1 Å². The van der Waals surface area contributed by atoms with E-state index in [1.807, 2.05) is 19.1 Å². The standard InChI is InChI=1S/C14H22N2O/c1-10-12(15)4-5-13(16-10)17-11-6-8-14(2,3)9-7-11/h4-5,11H,6-9,15H2,1-3H3. The van der Waals surface area contributed by atoms with Crippen LogP contribution in [0.1, 0.15) is 45.2 Å². The average molecular weight is 234 g/mol. The first-order valence-corrected chi connectivity index (χ1v) is 6.36. The molecule has 0 radical (unpaired) electrons. The molecule has 0 amide bonds. The lowest BCUT2D eigenvalue weighted by Gasteiger charge is -2.34. The first-order chi connectivity index (χ1) is 7.96. The van der Waals surface area contributed by atoms with E-state index in [-0.39, 0.29) is 0 Å². The predicted octanol–water partition coefficient (Wildman–Crippen LogP) is 3.32. The van der Waals surface area contributed by atoms with Gasteiger partial charge in [-0.25, -0.2) is 4.98 Å². The molecule has 2 N–H and O–H groups in total. The summed E-state index contributed by atoms with van der Waals surface area (Å²) >= 11 is 0. The van der Waals surface area contributed by atoms with Gasteiger partial charge in [0.05, 0.1) is 11.4 Å². The zero-order chi connectivity index (χ0) is 12.5. The molecule has 1 aromatic rings. The highest BCUT2D eigenvalue weighted by atomic mass is 16.5. The fourth-order valence-corrected chi connectivity index (χ4v) is 2.28. The highest BCUT2D eigenvalue weighted by molar-refractivity contribution is 5.43. The van der Waals surface area contributed by atoms with E-state index >= 15 is 0 Å². The second kappa shape index (κ2) is 4.55. The topological polar surface area (TPSA) is 48.1 Å². The fraction of sp³-hybridized carbons (Fsp3) is 0.643. The summed E-state index contributed by atoms with van der Waals surface area (Å²) in [7, 11) is 0. The van der Waals surface area contributed by atoms with Crippen molar-refractivity contribution >= 4 is 5.69 Å². The van der Waals surface area contributed by atoms with Crippen LogP contribution in [0, 0.1) is 12.3 Å². The highest BCUT2D eigenvalue weighted by Gasteiger charge is 2.27. The zero-order valence-corrected chi connectivity index (χ0v) is 11.0. The second-order valence-electron chi connectivity index (χ2n) is 5.81. The molecule has 94 valence electrons. The van der Waals surface area contributed by atoms with Crippen LogP contribution in [-0.2, 0) is 0 Å². The summed E-state index contributed by atoms with van der Waals surface area (Å²) in [5, 5.41) is 0. The van der Waals surface area contributed by atoms with E-state index in [1.165, 1.54) is 12.8 Å². The van der Waals surface area contributed by atoms with Crippen LogP contribution in [0.25, 0.3) is 0 Å². The predicted molar refractivity (Wildman–Crippen MR) is 70.1 cm³/mol. The van der Waals surface area contributed by atoms with Crippen molar-refractivity contribution in [3.05, 3.63) is 17.8 Å². The van der Waals surface area contributed by atoms with Gasteiger partial charge in [-0.05, 0) is 44.1 Å². The van der Waals surface area contributed by atoms with Crippen molar-refractivity contribution in [3.8, 4) is 5.88 Å². The largest absolute Gasteiger partial charge is 0.474 e. The Labute approximate surface area is 103 Å². The molecule has 0 unspecified atom stereocenters. The summed E-state index contributed by atoms with van der Waals surface area (Å²) in [6, 6.07) is 3.73. The first kappa shape index (κ1) is 12.2. The van der Waals surface area contributed by atoms with Gasteiger partial charge in [-0.2, -0.15) is 0 Å². The summed E-state index contributed by atoms with van der Waals surface area (Å²) in [6.07, 6.45) is 5.02. The van der Waals surface area contributed by atoms with E-state index in [2.05, 4.69) is 18.8 Å². The molecule has 0 bridgehead atoms. The number of aromatic nitrogens is 1. The third-order valence-electron chi connectivity index (χ3n) is 3.67. The Morgan fingerprint density at radius 2 is 1.94 bits per heavy atom. The van der Waals surface area contributed by atoms with Crippen LogP contribution in [-0.4, -0.2) is 11.1 Å². The number of pyridine rings is 1. The Kier molecular flexibility index (Phi) is 3.27. The lowest BCUT2D eigenvalue weighted by Crippen LogP contribution is -2.28. The van der Waals surface area contributed by atoms with Gasteiger partial charge in [-0.15, -0.1) is 0 Å². The molecule has 1 aliphatic carbocycles. The van der Waals surface area contributed by atoms with Crippen molar-refractivity contribution < 1.29 is 4.74 Å². The van der Waals surface area contributed by atoms with Gasteiger partial charge in [-0.1, -0.05) is 13.8 Å². The van der Waals surface area contributed by atoms with E-state index in [4.69, 9.17) is 10.5 Å². The van der Waals surface area contributed by atoms with Gasteiger partial charge >= 0.3 is 0 Å². The number of hydrogen-bond donors (Lipinski definition) is 1. The molecule has 1 aromatic heterocycles. The smallest absolute Gasteiger partial charge is 0.213 e. The van der Waals surface area contributed by atoms with Gasteiger partial charge in [0.15, 0.2) is 0 Å². The van der Waals surface area contributed by atoms with Gasteiger partial charge in [0, 0.05) is 6.07 Å². The van der Waals surface area contributed by atoms with Crippen LogP contribution in [0.4, 0.5) is 5.69 Å². The number of nitrogens with zero attached hydrogens (tertiary/aromatic N) is 1. The molecule has 0 saturated heterocycles. The third kappa shape index (κ3) is 3.11. The Hall–Kier alpha value is -1.25. The minimum atomic E-state index is 0.318. The van der Waals surface area contributed by atoms with E-state index in [0.29, 0.717) is 17.4 Å². The molecule has 1 aliphatic rings. The molecule has 17 heavy (non-hydrogen) atoms. The van der Waals surface area contributed by atoms with Gasteiger partial charge in [-0.3, -0.25) is 0 Å². The number of hydrogen-bond acceptors (Lipinski definition) is 3. The number of nitrogens with two attached hydrogens (primary N) is 1. The molecule has 1 saturated carbocycles. The highest BCUT2D eigenvalue weighted by Crippen LogP contribution is 2.36. The molecule has 3 heteroatoms. The summed E-state index contributed by atoms with van der Waals surface area (Å²) < 4.78 is 5.92. The van der Waals surface area contributed by atoms with Crippen LogP contribution in [0.5, 0.6) is 5.88 Å². The van der Waals surface area contributed by atoms with Gasteiger partial charge in [0.25, 0.3) is 0 Å². The first-order valence-electron chi connectivity index (χ1n) is 6.36. The Morgan fingerprint density at radius 1 is 1.29 bits per heavy atom. The quantitative estimate of drug-likeness (QED) is 0.854. The molecule has 2 rings (SSSR count). The van der Waals surface area contributed by atoms with Crippen LogP contribution in [0.2, 0.25) is 0 Å². The summed E-state index contributed by atoms with van der Waals surface area (Å²) in [6.45, 7) is 6.57. The Morgan fingerprint density at radius 3 is 2.53 bits per heavy atom. The van der Waals surface area contributed by atoms with E-state index in [0.717, 1.165) is 24.2 Å². The zero-order valence-electron chi connectivity index (χ0n) is 11.0. The Balaban J connectivity index is 1.95. The number of nitrogen functional groups attached to an aromatic ring is 1. The molecular formula is C14H22N2O. The summed E-state index contributed by atoms with van der Waals surface area (Å²) in [4.78, 5) is 4.36. The fourth-order valence-electron chi connectivity index (χ4n) is 2.28. The lowest BCUT2D eigenvalue weighted by molar-refractivity contribution is 0.0948. The van der Waals surface area contributed by atoms with Crippen molar-refractivity contribution in [3.63, 3.8) is 0 Å². The number of rotatable bonds is 2. The van der Waals surface area contributed by atoms with Gasteiger partial charge in [0.2, 0.25) is 5.88 Å². The van der Waals surface area contributed by atoms with Crippen molar-refractivity contribution in [1.29, 1.82) is 0 Å². The van der Waals surface area contributed by atoms with Gasteiger partial charge in [0.1, 0.15) is 6.10 Å². The van der Waals surface area contributed by atoms with Crippen molar-refractivity contribution in [2.45, 2.75) is 52.6 Å². The molecule has 0 aliphatic heterocycles. The Bertz CT molecular complexity index is 391. The average Bonchev–Trinajstić information content (AvgIpc) is 2.27. The molecule has 3 nitrogen and oxygen atoms in total. The third-order valence-corrected chi connectivity index (χ3v) is 3.67. The van der Waals surface area contributed by atoms with Crippen LogP contribution >= 0.6 is 0 Å². The SMILES string of the molecule is Cc1nc(OC2CCC(C)(C)CC2)ccc1N. The minimum absolute atomic E-state index is 0.318. The lowest BCUT2D eigenvalue weighted by atomic mass is 9.76. The maximum Gasteiger partial charge on any atom is 0.213 e. The number of ether oxygens (including phenoxy) is 1. The van der Waals surface area contributed by atoms with Crippen molar-refractivity contribution in [1.82, 2.24) is 4.98 Å². The van der Waals surface area contributed by atoms with Crippen LogP contribution in [0.3, 0.4) is 0 Å². The van der Waals surface area contributed by atoms with Crippen molar-refractivity contribution in [2.75, 3.05) is 5.73 Å². The summed E-state index contributed by atoms with van der Waals surface area (Å²) in [5.41, 5.74) is 7.79. The number of aryl methyl sites for hydroxylation is 1. The second-order valence-corrected chi connectivity index (χ2v) is 5.81. The summed E-state index contributed by atoms with van der Waals surface area (Å²) in [5.74, 6) is 0.710. The minimum Gasteiger partial charge on any atom is -0.474 e. The molecule has 0 atom stereocenters. The van der Waals surface area contributed by atoms with Crippen molar-refractivity contribution in [2.24, 2.45) is 5.41 Å². The van der Waals surface area contributed by atoms with E-state index < -0.39 is 0 Å². The molecule has 0 spiro atoms. The van der Waals surface area contributed by atoms with Crippen LogP contribution < -0.4 is 10.5 Å². The maximum atomic E-state index is 5.92. The molecule has 0 aromatic carbocycles. The monoisotopic (exact) mass is 234 g/mol. The maximum absolute atomic E-state index is 5.92. The van der Waals surface area contributed by atoms with E-state index in [9.17, 15) is 0 Å².